The number of rotatable bonds is 3. The Hall–Kier alpha value is -1.09. The molecule has 1 nitrogen and oxygen atoms in total. The predicted octanol–water partition coefficient (Wildman–Crippen LogP) is 5.47. The number of hydrogen-bond acceptors (Lipinski definition) is 2. The summed E-state index contributed by atoms with van der Waals surface area (Å²) in [7, 11) is 0. The first-order valence-electron chi connectivity index (χ1n) is 5.96. The van der Waals surface area contributed by atoms with Crippen molar-refractivity contribution in [3.8, 4) is 0 Å². The van der Waals surface area contributed by atoms with Crippen LogP contribution in [0.1, 0.15) is 15.9 Å². The lowest BCUT2D eigenvalue weighted by Gasteiger charge is -2.07. The number of benzene rings is 1. The summed E-state index contributed by atoms with van der Waals surface area (Å²) in [4.78, 5) is 5.72. The second-order valence-electron chi connectivity index (χ2n) is 4.31. The van der Waals surface area contributed by atoms with Crippen LogP contribution in [0, 0.1) is 0 Å². The molecule has 1 atom stereocenters. The van der Waals surface area contributed by atoms with Gasteiger partial charge in [-0.3, -0.25) is 4.98 Å². The van der Waals surface area contributed by atoms with E-state index in [2.05, 4.69) is 17.1 Å². The monoisotopic (exact) mass is 307 g/mol. The molecule has 0 fully saturated rings. The summed E-state index contributed by atoms with van der Waals surface area (Å²) in [5, 5.41) is 1.07. The molecule has 0 saturated carbocycles. The van der Waals surface area contributed by atoms with Crippen molar-refractivity contribution in [2.24, 2.45) is 0 Å². The molecule has 2 heterocycles. The van der Waals surface area contributed by atoms with E-state index in [-0.39, 0.29) is 5.38 Å². The maximum atomic E-state index is 6.42. The molecule has 0 N–H and O–H groups in total. The number of pyridine rings is 1. The van der Waals surface area contributed by atoms with Gasteiger partial charge >= 0.3 is 0 Å². The highest BCUT2D eigenvalue weighted by Crippen LogP contribution is 2.32. The van der Waals surface area contributed by atoms with Crippen LogP contribution in [0.5, 0.6) is 0 Å². The van der Waals surface area contributed by atoms with Gasteiger partial charge in [-0.25, -0.2) is 0 Å². The zero-order valence-electron chi connectivity index (χ0n) is 10.0. The summed E-state index contributed by atoms with van der Waals surface area (Å²) in [6.07, 6.45) is 0.712. The molecule has 1 unspecified atom stereocenters. The summed E-state index contributed by atoms with van der Waals surface area (Å²) in [5.41, 5.74) is 2.01. The molecule has 1 aromatic carbocycles. The number of fused-ring (bicyclic) bond motifs is 1. The predicted molar refractivity (Wildman–Crippen MR) is 83.4 cm³/mol. The van der Waals surface area contributed by atoms with Crippen molar-refractivity contribution in [1.29, 1.82) is 0 Å². The van der Waals surface area contributed by atoms with E-state index in [0.717, 1.165) is 25.8 Å². The molecule has 19 heavy (non-hydrogen) atoms. The van der Waals surface area contributed by atoms with Gasteiger partial charge in [-0.2, -0.15) is 0 Å². The van der Waals surface area contributed by atoms with Crippen LogP contribution in [0.2, 0.25) is 4.34 Å². The summed E-state index contributed by atoms with van der Waals surface area (Å²) in [6.45, 7) is 0. The quantitative estimate of drug-likeness (QED) is 0.584. The van der Waals surface area contributed by atoms with Crippen LogP contribution in [0.15, 0.2) is 48.5 Å². The fourth-order valence-corrected chi connectivity index (χ4v) is 3.41. The molecule has 0 aliphatic heterocycles. The molecule has 0 amide bonds. The molecule has 0 spiro atoms. The van der Waals surface area contributed by atoms with Gasteiger partial charge < -0.3 is 0 Å². The largest absolute Gasteiger partial charge is 0.253 e. The van der Waals surface area contributed by atoms with Crippen molar-refractivity contribution >= 4 is 45.4 Å². The summed E-state index contributed by atoms with van der Waals surface area (Å²) < 4.78 is 0.770. The molecule has 0 aliphatic carbocycles. The van der Waals surface area contributed by atoms with Crippen LogP contribution in [0.3, 0.4) is 0 Å². The normalized spacial score (nSPS) is 12.7. The number of thiophene rings is 1. The maximum absolute atomic E-state index is 6.42. The van der Waals surface area contributed by atoms with Gasteiger partial charge in [-0.05, 0) is 24.3 Å². The number of halogens is 2. The Kier molecular flexibility index (Phi) is 3.74. The number of hydrogen-bond donors (Lipinski definition) is 0. The average molecular weight is 308 g/mol. The summed E-state index contributed by atoms with van der Waals surface area (Å²) in [6, 6.07) is 16.1. The van der Waals surface area contributed by atoms with E-state index < -0.39 is 0 Å². The molecule has 0 aliphatic rings. The van der Waals surface area contributed by atoms with E-state index in [1.165, 1.54) is 11.3 Å². The molecule has 2 aromatic heterocycles. The molecule has 0 bridgehead atoms. The molecular formula is C15H11Cl2NS. The topological polar surface area (TPSA) is 12.9 Å². The van der Waals surface area contributed by atoms with Gasteiger partial charge in [-0.15, -0.1) is 22.9 Å². The van der Waals surface area contributed by atoms with Crippen molar-refractivity contribution < 1.29 is 0 Å². The van der Waals surface area contributed by atoms with Crippen LogP contribution < -0.4 is 0 Å². The average Bonchev–Trinajstić information content (AvgIpc) is 2.85. The third-order valence-corrected chi connectivity index (χ3v) is 4.81. The second-order valence-corrected chi connectivity index (χ2v) is 6.58. The lowest BCUT2D eigenvalue weighted by Crippen LogP contribution is -1.96. The Labute approximate surface area is 125 Å². The van der Waals surface area contributed by atoms with Crippen LogP contribution in [0.4, 0.5) is 0 Å². The molecule has 96 valence electrons. The Morgan fingerprint density at radius 1 is 1.05 bits per heavy atom. The first-order chi connectivity index (χ1) is 9.22. The number of alkyl halides is 1. The van der Waals surface area contributed by atoms with Gasteiger partial charge in [0, 0.05) is 22.4 Å². The van der Waals surface area contributed by atoms with Crippen LogP contribution in [-0.2, 0) is 6.42 Å². The van der Waals surface area contributed by atoms with Gasteiger partial charge in [0.1, 0.15) is 0 Å². The first kappa shape index (κ1) is 12.9. The molecule has 0 saturated heterocycles. The van der Waals surface area contributed by atoms with E-state index >= 15 is 0 Å². The van der Waals surface area contributed by atoms with E-state index in [0.29, 0.717) is 6.42 Å². The van der Waals surface area contributed by atoms with Crippen molar-refractivity contribution in [1.82, 2.24) is 4.98 Å². The van der Waals surface area contributed by atoms with E-state index in [9.17, 15) is 0 Å². The lowest BCUT2D eigenvalue weighted by molar-refractivity contribution is 0.904. The molecule has 3 rings (SSSR count). The third-order valence-electron chi connectivity index (χ3n) is 2.95. The van der Waals surface area contributed by atoms with Gasteiger partial charge in [0.25, 0.3) is 0 Å². The summed E-state index contributed by atoms with van der Waals surface area (Å²) >= 11 is 13.9. The fraction of sp³-hybridized carbons (Fsp3) is 0.133. The molecule has 0 radical (unpaired) electrons. The van der Waals surface area contributed by atoms with Crippen LogP contribution in [-0.4, -0.2) is 4.98 Å². The molecule has 4 heteroatoms. The standard InChI is InChI=1S/C15H11Cl2NS/c16-12(14-7-8-15(17)19-14)9-11-6-5-10-3-1-2-4-13(10)18-11/h1-8,12H,9H2. The Morgan fingerprint density at radius 3 is 2.68 bits per heavy atom. The maximum Gasteiger partial charge on any atom is 0.0931 e. The minimum absolute atomic E-state index is 0.0776. The lowest BCUT2D eigenvalue weighted by atomic mass is 10.1. The molecular weight excluding hydrogens is 297 g/mol. The fourth-order valence-electron chi connectivity index (χ4n) is 2.00. The SMILES string of the molecule is Clc1ccc(C(Cl)Cc2ccc3ccccc3n2)s1. The third kappa shape index (κ3) is 2.92. The Bertz CT molecular complexity index is 708. The Balaban J connectivity index is 1.84. The van der Waals surface area contributed by atoms with E-state index in [1.54, 1.807) is 0 Å². The molecule has 3 aromatic rings. The minimum atomic E-state index is -0.0776. The zero-order chi connectivity index (χ0) is 13.2. The minimum Gasteiger partial charge on any atom is -0.253 e. The van der Waals surface area contributed by atoms with Crippen molar-refractivity contribution in [2.75, 3.05) is 0 Å². The first-order valence-corrected chi connectivity index (χ1v) is 7.59. The van der Waals surface area contributed by atoms with E-state index in [1.807, 2.05) is 36.4 Å². The van der Waals surface area contributed by atoms with Crippen molar-refractivity contribution in [3.05, 3.63) is 63.4 Å². The second kappa shape index (κ2) is 5.49. The van der Waals surface area contributed by atoms with E-state index in [4.69, 9.17) is 23.2 Å². The van der Waals surface area contributed by atoms with Crippen molar-refractivity contribution in [3.63, 3.8) is 0 Å². The number of para-hydroxylation sites is 1. The smallest absolute Gasteiger partial charge is 0.0931 e. The number of nitrogens with zero attached hydrogens (tertiary/aromatic N) is 1. The number of aromatic nitrogens is 1. The summed E-state index contributed by atoms with van der Waals surface area (Å²) in [5.74, 6) is 0. The van der Waals surface area contributed by atoms with Gasteiger partial charge in [0.05, 0.1) is 15.2 Å². The van der Waals surface area contributed by atoms with Crippen LogP contribution in [0.25, 0.3) is 10.9 Å². The highest BCUT2D eigenvalue weighted by Gasteiger charge is 2.12. The zero-order valence-corrected chi connectivity index (χ0v) is 12.3. The highest BCUT2D eigenvalue weighted by atomic mass is 35.5. The highest BCUT2D eigenvalue weighted by molar-refractivity contribution is 7.16. The van der Waals surface area contributed by atoms with Gasteiger partial charge in [0.2, 0.25) is 0 Å². The van der Waals surface area contributed by atoms with Gasteiger partial charge in [-0.1, -0.05) is 35.9 Å². The van der Waals surface area contributed by atoms with Crippen molar-refractivity contribution in [2.45, 2.75) is 11.8 Å². The Morgan fingerprint density at radius 2 is 1.89 bits per heavy atom. The van der Waals surface area contributed by atoms with Crippen LogP contribution >= 0.6 is 34.5 Å². The van der Waals surface area contributed by atoms with Gasteiger partial charge in [0.15, 0.2) is 0 Å².